The van der Waals surface area contributed by atoms with Gasteiger partial charge in [0.25, 0.3) is 0 Å². The van der Waals surface area contributed by atoms with Gasteiger partial charge in [0.2, 0.25) is 35.4 Å². The maximum Gasteiger partial charge on any atom is 0.326 e. The predicted molar refractivity (Wildman–Crippen MR) is 219 cm³/mol. The van der Waals surface area contributed by atoms with Crippen molar-refractivity contribution in [2.24, 2.45) is 22.9 Å². The second-order valence-corrected chi connectivity index (χ2v) is 14.3. The number of imidazole rings is 1. The number of nitrogens with one attached hydrogen (secondary N) is 6. The highest BCUT2D eigenvalue weighted by Crippen LogP contribution is 2.13. The van der Waals surface area contributed by atoms with Crippen molar-refractivity contribution in [3.05, 3.63) is 83.9 Å². The van der Waals surface area contributed by atoms with Gasteiger partial charge in [-0.15, -0.1) is 0 Å². The Kier molecular flexibility index (Phi) is 20.1. The minimum atomic E-state index is -1.63. The Morgan fingerprint density at radius 3 is 1.67 bits per heavy atom. The van der Waals surface area contributed by atoms with Gasteiger partial charge >= 0.3 is 5.97 Å². The topological polar surface area (TPSA) is 353 Å². The van der Waals surface area contributed by atoms with Crippen LogP contribution in [-0.4, -0.2) is 111 Å². The number of nitrogens with zero attached hydrogens (tertiary/aromatic N) is 1. The highest BCUT2D eigenvalue weighted by molar-refractivity contribution is 5.97. The molecule has 0 bridgehead atoms. The molecule has 0 radical (unpaired) electrons. The Bertz CT molecular complexity index is 1850. The van der Waals surface area contributed by atoms with Crippen LogP contribution in [0, 0.1) is 0 Å². The van der Waals surface area contributed by atoms with Gasteiger partial charge < -0.3 is 64.7 Å². The highest BCUT2D eigenvalue weighted by Gasteiger charge is 2.34. The minimum absolute atomic E-state index is 0.00771. The van der Waals surface area contributed by atoms with Gasteiger partial charge in [-0.2, -0.15) is 0 Å². The fourth-order valence-electron chi connectivity index (χ4n) is 6.13. The van der Waals surface area contributed by atoms with E-state index in [-0.39, 0.29) is 38.0 Å². The van der Waals surface area contributed by atoms with Crippen LogP contribution in [-0.2, 0) is 52.8 Å². The number of carbonyl (C=O) groups excluding carboxylic acids is 6. The summed E-state index contributed by atoms with van der Waals surface area (Å²) in [6, 6.07) is 6.80. The molecule has 0 aliphatic heterocycles. The molecule has 20 nitrogen and oxygen atoms in total. The van der Waals surface area contributed by atoms with E-state index in [1.54, 1.807) is 42.5 Å². The standard InChI is InChI=1S/C40H57N11O9/c41-16-6-4-10-28(43)35(54)48-30(19-25-12-14-27(52)15-13-25)38(57)49-31(18-24-8-2-1-3-9-24)37(56)47-29(11-5-7-17-42)36(55)50-32(21-34(44)53)39(58)51-33(40(59)60)20-26-22-45-23-46-26/h1-3,8-9,12-15,22-23,28-33,52H,4-7,10-11,16-21,41-43H2,(H2,44,53)(H,45,46)(H,47,56)(H,48,54)(H,49,57)(H,50,55)(H,51,58)(H,59,60)/t28-,29-,30-,31-,32-,33-/m0/s1. The number of primary amides is 1. The quantitative estimate of drug-likeness (QED) is 0.0375. The lowest BCUT2D eigenvalue weighted by Crippen LogP contribution is -2.60. The van der Waals surface area contributed by atoms with Crippen molar-refractivity contribution >= 4 is 41.4 Å². The summed E-state index contributed by atoms with van der Waals surface area (Å²) in [5.74, 6) is -6.43. The van der Waals surface area contributed by atoms with Gasteiger partial charge in [0.05, 0.1) is 18.8 Å². The van der Waals surface area contributed by atoms with Gasteiger partial charge in [-0.3, -0.25) is 28.8 Å². The molecule has 0 saturated carbocycles. The summed E-state index contributed by atoms with van der Waals surface area (Å²) in [5.41, 5.74) is 24.4. The van der Waals surface area contributed by atoms with Crippen LogP contribution < -0.4 is 49.5 Å². The number of H-pyrrole nitrogens is 1. The van der Waals surface area contributed by atoms with Crippen LogP contribution in [0.1, 0.15) is 61.8 Å². The third-order valence-electron chi connectivity index (χ3n) is 9.44. The SMILES string of the molecule is NCCCC[C@H](NC(=O)[C@H](Cc1ccccc1)NC(=O)[C@H](Cc1ccc(O)cc1)NC(=O)[C@@H](N)CCCCN)C(=O)N[C@@H](CC(N)=O)C(=O)N[C@@H](Cc1cnc[nH]1)C(=O)O. The molecule has 1 aromatic heterocycles. The third-order valence-corrected chi connectivity index (χ3v) is 9.44. The molecule has 2 aromatic carbocycles. The zero-order valence-corrected chi connectivity index (χ0v) is 33.3. The van der Waals surface area contributed by atoms with Gasteiger partial charge in [0, 0.05) is 31.2 Å². The number of carbonyl (C=O) groups is 7. The molecular weight excluding hydrogens is 779 g/mol. The molecule has 3 rings (SSSR count). The first kappa shape index (κ1) is 48.0. The number of carboxylic acids is 1. The summed E-state index contributed by atoms with van der Waals surface area (Å²) in [6.07, 6.45) is 4.10. The molecule has 0 aliphatic carbocycles. The van der Waals surface area contributed by atoms with E-state index in [1.165, 1.54) is 24.7 Å². The maximum atomic E-state index is 14.2. The normalized spacial score (nSPS) is 14.0. The first-order chi connectivity index (χ1) is 28.7. The fourth-order valence-corrected chi connectivity index (χ4v) is 6.13. The van der Waals surface area contributed by atoms with E-state index in [0.717, 1.165) is 0 Å². The average Bonchev–Trinajstić information content (AvgIpc) is 3.73. The number of aromatic hydroxyl groups is 1. The molecule has 0 saturated heterocycles. The number of benzene rings is 2. The van der Waals surface area contributed by atoms with E-state index in [0.29, 0.717) is 55.5 Å². The third kappa shape index (κ3) is 16.8. The van der Waals surface area contributed by atoms with Crippen LogP contribution in [0.3, 0.4) is 0 Å². The molecule has 0 unspecified atom stereocenters. The van der Waals surface area contributed by atoms with Crippen molar-refractivity contribution in [1.29, 1.82) is 0 Å². The van der Waals surface area contributed by atoms with Crippen molar-refractivity contribution in [3.63, 3.8) is 0 Å². The lowest BCUT2D eigenvalue weighted by atomic mass is 10.0. The Morgan fingerprint density at radius 1 is 0.617 bits per heavy atom. The molecule has 6 amide bonds. The molecular formula is C40H57N11O9. The van der Waals surface area contributed by atoms with E-state index in [1.807, 2.05) is 0 Å². The maximum absolute atomic E-state index is 14.2. The van der Waals surface area contributed by atoms with Crippen LogP contribution in [0.2, 0.25) is 0 Å². The van der Waals surface area contributed by atoms with Crippen LogP contribution >= 0.6 is 0 Å². The van der Waals surface area contributed by atoms with Gasteiger partial charge in [0.15, 0.2) is 0 Å². The molecule has 6 atom stereocenters. The zero-order valence-electron chi connectivity index (χ0n) is 33.3. The number of rotatable bonds is 27. The zero-order chi connectivity index (χ0) is 44.0. The highest BCUT2D eigenvalue weighted by atomic mass is 16.4. The number of hydrogen-bond donors (Lipinski definition) is 12. The first-order valence-corrected chi connectivity index (χ1v) is 19.7. The Labute approximate surface area is 347 Å². The summed E-state index contributed by atoms with van der Waals surface area (Å²) in [4.78, 5) is 99.3. The van der Waals surface area contributed by atoms with Crippen molar-refractivity contribution in [1.82, 2.24) is 36.6 Å². The minimum Gasteiger partial charge on any atom is -0.508 e. The van der Waals surface area contributed by atoms with E-state index >= 15 is 0 Å². The number of amides is 6. The number of aromatic amines is 1. The van der Waals surface area contributed by atoms with E-state index in [9.17, 15) is 43.8 Å². The second kappa shape index (κ2) is 25.2. The van der Waals surface area contributed by atoms with Crippen LogP contribution in [0.25, 0.3) is 0 Å². The second-order valence-electron chi connectivity index (χ2n) is 14.3. The van der Waals surface area contributed by atoms with Crippen LogP contribution in [0.15, 0.2) is 67.1 Å². The van der Waals surface area contributed by atoms with Crippen LogP contribution in [0.4, 0.5) is 0 Å². The molecule has 326 valence electrons. The monoisotopic (exact) mass is 835 g/mol. The van der Waals surface area contributed by atoms with Crippen LogP contribution in [0.5, 0.6) is 5.75 Å². The van der Waals surface area contributed by atoms with E-state index < -0.39 is 84.1 Å². The number of phenols is 1. The van der Waals surface area contributed by atoms with Gasteiger partial charge in [-0.05, 0) is 68.5 Å². The summed E-state index contributed by atoms with van der Waals surface area (Å²) in [7, 11) is 0. The molecule has 20 heteroatoms. The lowest BCUT2D eigenvalue weighted by molar-refractivity contribution is -0.142. The fraction of sp³-hybridized carbons (Fsp3) is 0.450. The van der Waals surface area contributed by atoms with Crippen molar-refractivity contribution in [2.45, 2.75) is 100 Å². The molecule has 16 N–H and O–H groups in total. The molecule has 3 aromatic rings. The summed E-state index contributed by atoms with van der Waals surface area (Å²) < 4.78 is 0. The summed E-state index contributed by atoms with van der Waals surface area (Å²) >= 11 is 0. The smallest absolute Gasteiger partial charge is 0.326 e. The first-order valence-electron chi connectivity index (χ1n) is 19.7. The Hall–Kier alpha value is -6.38. The molecule has 1 heterocycles. The number of nitrogens with two attached hydrogens (primary N) is 4. The number of phenolic OH excluding ortho intramolecular Hbond substituents is 1. The van der Waals surface area contributed by atoms with Crippen molar-refractivity contribution < 1.29 is 43.8 Å². The number of aliphatic carboxylic acids is 1. The van der Waals surface area contributed by atoms with E-state index in [2.05, 4.69) is 36.6 Å². The Balaban J connectivity index is 1.88. The van der Waals surface area contributed by atoms with E-state index in [4.69, 9.17) is 22.9 Å². The summed E-state index contributed by atoms with van der Waals surface area (Å²) in [5, 5.41) is 32.4. The predicted octanol–water partition coefficient (Wildman–Crippen LogP) is -1.89. The molecule has 0 aliphatic rings. The van der Waals surface area contributed by atoms with Gasteiger partial charge in [0.1, 0.15) is 36.0 Å². The largest absolute Gasteiger partial charge is 0.508 e. The number of carboxylic acid groups (broad SMARTS) is 1. The number of aromatic nitrogens is 2. The molecule has 60 heavy (non-hydrogen) atoms. The molecule has 0 spiro atoms. The average molecular weight is 836 g/mol. The van der Waals surface area contributed by atoms with Gasteiger partial charge in [-0.25, -0.2) is 9.78 Å². The van der Waals surface area contributed by atoms with Gasteiger partial charge in [-0.1, -0.05) is 48.9 Å². The number of unbranched alkanes of at least 4 members (excludes halogenated alkanes) is 2. The van der Waals surface area contributed by atoms with Crippen molar-refractivity contribution in [3.8, 4) is 5.75 Å². The summed E-state index contributed by atoms with van der Waals surface area (Å²) in [6.45, 7) is 0.684. The molecule has 0 fully saturated rings. The number of hydrogen-bond acceptors (Lipinski definition) is 12. The Morgan fingerprint density at radius 2 is 1.12 bits per heavy atom. The lowest BCUT2D eigenvalue weighted by Gasteiger charge is -2.27. The van der Waals surface area contributed by atoms with Crippen molar-refractivity contribution in [2.75, 3.05) is 13.1 Å².